The molecule has 0 aromatic rings. The summed E-state index contributed by atoms with van der Waals surface area (Å²) in [6.45, 7) is 6.36. The number of rotatable bonds is 10. The van der Waals surface area contributed by atoms with Gasteiger partial charge in [0.1, 0.15) is 0 Å². The van der Waals surface area contributed by atoms with E-state index >= 15 is 0 Å². The van der Waals surface area contributed by atoms with Crippen LogP contribution in [0, 0.1) is 5.41 Å². The Bertz CT molecular complexity index is 292. The summed E-state index contributed by atoms with van der Waals surface area (Å²) in [6, 6.07) is 0. The summed E-state index contributed by atoms with van der Waals surface area (Å²) < 4.78 is 5.41. The summed E-state index contributed by atoms with van der Waals surface area (Å²) in [6.07, 6.45) is 1.23. The van der Waals surface area contributed by atoms with Crippen LogP contribution >= 0.6 is 12.2 Å². The molecular weight excluding hydrogens is 262 g/mol. The van der Waals surface area contributed by atoms with Crippen LogP contribution in [-0.4, -0.2) is 56.2 Å². The van der Waals surface area contributed by atoms with Gasteiger partial charge in [0, 0.05) is 13.1 Å². The maximum Gasteiger partial charge on any atom is 0.233 e. The SMILES string of the molecule is CCC(CC)(C(=O)NCCOCCN(C)C)C(N)=S. The molecule has 0 saturated heterocycles. The molecule has 0 spiro atoms. The number of amides is 1. The van der Waals surface area contributed by atoms with Crippen LogP contribution in [0.1, 0.15) is 26.7 Å². The van der Waals surface area contributed by atoms with Crippen LogP contribution in [0.2, 0.25) is 0 Å². The minimum absolute atomic E-state index is 0.0961. The van der Waals surface area contributed by atoms with Crippen LogP contribution in [0.4, 0.5) is 0 Å². The highest BCUT2D eigenvalue weighted by molar-refractivity contribution is 7.80. The highest BCUT2D eigenvalue weighted by Gasteiger charge is 2.37. The highest BCUT2D eigenvalue weighted by Crippen LogP contribution is 2.26. The maximum absolute atomic E-state index is 12.2. The van der Waals surface area contributed by atoms with Crippen molar-refractivity contribution in [3.63, 3.8) is 0 Å². The average Bonchev–Trinajstić information content (AvgIpc) is 2.35. The van der Waals surface area contributed by atoms with E-state index in [0.717, 1.165) is 6.54 Å². The zero-order valence-electron chi connectivity index (χ0n) is 12.5. The number of nitrogens with zero attached hydrogens (tertiary/aromatic N) is 1. The molecule has 0 saturated carbocycles. The summed E-state index contributed by atoms with van der Waals surface area (Å²) in [7, 11) is 3.98. The van der Waals surface area contributed by atoms with Gasteiger partial charge in [-0.05, 0) is 26.9 Å². The molecule has 3 N–H and O–H groups in total. The van der Waals surface area contributed by atoms with Gasteiger partial charge in [0.15, 0.2) is 0 Å². The third-order valence-corrected chi connectivity index (χ3v) is 3.72. The van der Waals surface area contributed by atoms with Crippen molar-refractivity contribution in [3.8, 4) is 0 Å². The zero-order chi connectivity index (χ0) is 14.9. The summed E-state index contributed by atoms with van der Waals surface area (Å²) >= 11 is 5.03. The first-order valence-corrected chi connectivity index (χ1v) is 7.12. The lowest BCUT2D eigenvalue weighted by Crippen LogP contribution is -2.49. The first-order valence-electron chi connectivity index (χ1n) is 6.71. The Morgan fingerprint density at radius 3 is 2.32 bits per heavy atom. The van der Waals surface area contributed by atoms with E-state index in [1.807, 2.05) is 32.8 Å². The Morgan fingerprint density at radius 1 is 1.32 bits per heavy atom. The smallest absolute Gasteiger partial charge is 0.233 e. The van der Waals surface area contributed by atoms with E-state index in [-0.39, 0.29) is 10.9 Å². The Balaban J connectivity index is 4.05. The van der Waals surface area contributed by atoms with Gasteiger partial charge in [-0.1, -0.05) is 26.1 Å². The molecule has 0 heterocycles. The molecule has 19 heavy (non-hydrogen) atoms. The van der Waals surface area contributed by atoms with Gasteiger partial charge in [0.25, 0.3) is 0 Å². The lowest BCUT2D eigenvalue weighted by molar-refractivity contribution is -0.128. The number of carbonyl (C=O) groups is 1. The van der Waals surface area contributed by atoms with Crippen molar-refractivity contribution in [1.29, 1.82) is 0 Å². The molecular formula is C13H27N3O2S. The third kappa shape index (κ3) is 5.84. The number of thiocarbonyl (C=S) groups is 1. The summed E-state index contributed by atoms with van der Waals surface area (Å²) in [5.41, 5.74) is 4.99. The van der Waals surface area contributed by atoms with Crippen molar-refractivity contribution in [2.45, 2.75) is 26.7 Å². The fraction of sp³-hybridized carbons (Fsp3) is 0.846. The largest absolute Gasteiger partial charge is 0.392 e. The Hall–Kier alpha value is -0.720. The normalized spacial score (nSPS) is 11.6. The number of carbonyl (C=O) groups excluding carboxylic acids is 1. The molecule has 0 atom stereocenters. The van der Waals surface area contributed by atoms with Gasteiger partial charge in [-0.15, -0.1) is 0 Å². The van der Waals surface area contributed by atoms with E-state index in [9.17, 15) is 4.79 Å². The minimum Gasteiger partial charge on any atom is -0.392 e. The molecule has 0 rings (SSSR count). The van der Waals surface area contributed by atoms with Crippen molar-refractivity contribution < 1.29 is 9.53 Å². The molecule has 6 heteroatoms. The lowest BCUT2D eigenvalue weighted by atomic mass is 9.81. The van der Waals surface area contributed by atoms with Crippen LogP contribution in [0.25, 0.3) is 0 Å². The van der Waals surface area contributed by atoms with E-state index in [1.165, 1.54) is 0 Å². The quantitative estimate of drug-likeness (QED) is 0.459. The molecule has 0 aromatic heterocycles. The molecule has 1 amide bonds. The third-order valence-electron chi connectivity index (χ3n) is 3.33. The minimum atomic E-state index is -0.723. The lowest BCUT2D eigenvalue weighted by Gasteiger charge is -2.28. The van der Waals surface area contributed by atoms with Gasteiger partial charge < -0.3 is 20.7 Å². The zero-order valence-corrected chi connectivity index (χ0v) is 13.3. The summed E-state index contributed by atoms with van der Waals surface area (Å²) in [5.74, 6) is -0.0961. The van der Waals surface area contributed by atoms with Gasteiger partial charge in [-0.25, -0.2) is 0 Å². The van der Waals surface area contributed by atoms with E-state index in [1.54, 1.807) is 0 Å². The molecule has 0 bridgehead atoms. The van der Waals surface area contributed by atoms with Crippen LogP contribution in [-0.2, 0) is 9.53 Å². The predicted octanol–water partition coefficient (Wildman–Crippen LogP) is 0.773. The van der Waals surface area contributed by atoms with E-state index in [0.29, 0.717) is 32.6 Å². The van der Waals surface area contributed by atoms with Crippen molar-refractivity contribution in [3.05, 3.63) is 0 Å². The molecule has 0 aliphatic carbocycles. The van der Waals surface area contributed by atoms with Crippen LogP contribution in [0.5, 0.6) is 0 Å². The fourth-order valence-corrected chi connectivity index (χ4v) is 2.17. The number of hydrogen-bond acceptors (Lipinski definition) is 4. The maximum atomic E-state index is 12.2. The van der Waals surface area contributed by atoms with Gasteiger partial charge in [-0.3, -0.25) is 4.79 Å². The molecule has 0 fully saturated rings. The Labute approximate surface area is 121 Å². The number of hydrogen-bond donors (Lipinski definition) is 2. The Morgan fingerprint density at radius 2 is 1.89 bits per heavy atom. The standard InChI is InChI=1S/C13H27N3O2S/c1-5-13(6-2,11(14)19)12(17)15-7-9-18-10-8-16(3)4/h5-10H2,1-4H3,(H2,14,19)(H,15,17). The second-order valence-corrected chi connectivity index (χ2v) is 5.26. The first-order chi connectivity index (χ1) is 8.90. The second-order valence-electron chi connectivity index (χ2n) is 4.83. The number of nitrogens with one attached hydrogen (secondary N) is 1. The predicted molar refractivity (Wildman–Crippen MR) is 82.2 cm³/mol. The Kier molecular flexibility index (Phi) is 8.88. The van der Waals surface area contributed by atoms with E-state index < -0.39 is 5.41 Å². The van der Waals surface area contributed by atoms with Gasteiger partial charge in [0.2, 0.25) is 5.91 Å². The second kappa shape index (κ2) is 9.23. The molecule has 0 radical (unpaired) electrons. The van der Waals surface area contributed by atoms with Gasteiger partial charge in [0.05, 0.1) is 23.6 Å². The number of ether oxygens (including phenoxy) is 1. The van der Waals surface area contributed by atoms with Gasteiger partial charge in [-0.2, -0.15) is 0 Å². The van der Waals surface area contributed by atoms with Crippen molar-refractivity contribution in [2.24, 2.45) is 11.1 Å². The van der Waals surface area contributed by atoms with Crippen molar-refractivity contribution >= 4 is 23.1 Å². The van der Waals surface area contributed by atoms with E-state index in [4.69, 9.17) is 22.7 Å². The van der Waals surface area contributed by atoms with Crippen molar-refractivity contribution in [2.75, 3.05) is 40.4 Å². The van der Waals surface area contributed by atoms with Gasteiger partial charge >= 0.3 is 0 Å². The molecule has 0 aliphatic heterocycles. The first kappa shape index (κ1) is 18.3. The summed E-state index contributed by atoms with van der Waals surface area (Å²) in [4.78, 5) is 14.5. The topological polar surface area (TPSA) is 67.6 Å². The monoisotopic (exact) mass is 289 g/mol. The number of nitrogens with two attached hydrogens (primary N) is 1. The molecule has 0 aliphatic rings. The van der Waals surface area contributed by atoms with Crippen LogP contribution in [0.3, 0.4) is 0 Å². The molecule has 0 aromatic carbocycles. The van der Waals surface area contributed by atoms with E-state index in [2.05, 4.69) is 5.32 Å². The number of likely N-dealkylation sites (N-methyl/N-ethyl adjacent to an activating group) is 1. The van der Waals surface area contributed by atoms with Crippen LogP contribution in [0.15, 0.2) is 0 Å². The fourth-order valence-electron chi connectivity index (χ4n) is 1.79. The average molecular weight is 289 g/mol. The highest BCUT2D eigenvalue weighted by atomic mass is 32.1. The molecule has 0 unspecified atom stereocenters. The molecule has 112 valence electrons. The summed E-state index contributed by atoms with van der Waals surface area (Å²) in [5, 5.41) is 2.85. The molecule has 5 nitrogen and oxygen atoms in total. The van der Waals surface area contributed by atoms with Crippen LogP contribution < -0.4 is 11.1 Å². The van der Waals surface area contributed by atoms with Crippen molar-refractivity contribution in [1.82, 2.24) is 10.2 Å².